The van der Waals surface area contributed by atoms with Gasteiger partial charge in [0, 0.05) is 38.1 Å². The molecule has 0 saturated carbocycles. The molecular formula is C11H13BrN6O. The molecule has 1 fully saturated rings. The van der Waals surface area contributed by atoms with E-state index in [2.05, 4.69) is 36.3 Å². The Morgan fingerprint density at radius 2 is 2.42 bits per heavy atom. The van der Waals surface area contributed by atoms with Crippen molar-refractivity contribution in [3.63, 3.8) is 0 Å². The number of aromatic nitrogens is 4. The Kier molecular flexibility index (Phi) is 3.19. The first-order valence-corrected chi connectivity index (χ1v) is 6.84. The average Bonchev–Trinajstić information content (AvgIpc) is 2.81. The van der Waals surface area contributed by atoms with Gasteiger partial charge in [-0.15, -0.1) is 5.10 Å². The second kappa shape index (κ2) is 4.86. The van der Waals surface area contributed by atoms with Gasteiger partial charge in [0.05, 0.1) is 4.47 Å². The average molecular weight is 325 g/mol. The van der Waals surface area contributed by atoms with E-state index >= 15 is 0 Å². The fraction of sp³-hybridized carbons (Fsp3) is 0.455. The Hall–Kier alpha value is -1.54. The predicted molar refractivity (Wildman–Crippen MR) is 71.9 cm³/mol. The highest BCUT2D eigenvalue weighted by Gasteiger charge is 2.27. The number of carbonyl (C=O) groups excluding carboxylic acids is 1. The van der Waals surface area contributed by atoms with Crippen LogP contribution in [0.1, 0.15) is 17.5 Å². The van der Waals surface area contributed by atoms with Crippen LogP contribution in [0.15, 0.2) is 16.9 Å². The van der Waals surface area contributed by atoms with Crippen molar-refractivity contribution in [1.29, 1.82) is 0 Å². The predicted octanol–water partition coefficient (Wildman–Crippen LogP) is 0.321. The molecule has 2 aromatic heterocycles. The Balaban J connectivity index is 1.92. The summed E-state index contributed by atoms with van der Waals surface area (Å²) in [6, 6.07) is 0.146. The number of nitrogens with one attached hydrogen (secondary N) is 1. The van der Waals surface area contributed by atoms with E-state index in [1.54, 1.807) is 17.3 Å². The van der Waals surface area contributed by atoms with Crippen molar-refractivity contribution in [1.82, 2.24) is 29.8 Å². The number of halogens is 1. The van der Waals surface area contributed by atoms with Gasteiger partial charge in [-0.2, -0.15) is 4.98 Å². The van der Waals surface area contributed by atoms with Gasteiger partial charge in [-0.3, -0.25) is 4.79 Å². The zero-order chi connectivity index (χ0) is 13.4. The molecule has 3 heterocycles. The van der Waals surface area contributed by atoms with Gasteiger partial charge in [0.15, 0.2) is 0 Å². The van der Waals surface area contributed by atoms with E-state index < -0.39 is 0 Å². The largest absolute Gasteiger partial charge is 0.331 e. The van der Waals surface area contributed by atoms with Crippen LogP contribution in [0.4, 0.5) is 0 Å². The van der Waals surface area contributed by atoms with Gasteiger partial charge in [0.25, 0.3) is 11.7 Å². The summed E-state index contributed by atoms with van der Waals surface area (Å²) in [4.78, 5) is 22.5. The first-order chi connectivity index (χ1) is 9.15. The van der Waals surface area contributed by atoms with Crippen molar-refractivity contribution in [2.45, 2.75) is 13.0 Å². The monoisotopic (exact) mass is 324 g/mol. The molecule has 1 atom stereocenters. The lowest BCUT2D eigenvalue weighted by atomic mass is 10.2. The second-order valence-electron chi connectivity index (χ2n) is 4.50. The number of amides is 1. The minimum atomic E-state index is -0.143. The third kappa shape index (κ3) is 2.33. The van der Waals surface area contributed by atoms with Gasteiger partial charge in [-0.05, 0) is 22.9 Å². The van der Waals surface area contributed by atoms with E-state index in [4.69, 9.17) is 0 Å². The van der Waals surface area contributed by atoms with Crippen LogP contribution in [0.25, 0.3) is 5.78 Å². The van der Waals surface area contributed by atoms with Crippen LogP contribution in [-0.4, -0.2) is 56.1 Å². The third-order valence-corrected chi connectivity index (χ3v) is 3.53. The number of hydrogen-bond acceptors (Lipinski definition) is 5. The third-order valence-electron chi connectivity index (χ3n) is 3.12. The van der Waals surface area contributed by atoms with Crippen LogP contribution in [-0.2, 0) is 0 Å². The molecule has 19 heavy (non-hydrogen) atoms. The fourth-order valence-electron chi connectivity index (χ4n) is 2.12. The molecular weight excluding hydrogens is 312 g/mol. The normalized spacial score (nSPS) is 19.9. The lowest BCUT2D eigenvalue weighted by molar-refractivity contribution is 0.0643. The zero-order valence-corrected chi connectivity index (χ0v) is 12.0. The molecule has 0 bridgehead atoms. The van der Waals surface area contributed by atoms with Crippen LogP contribution in [0, 0.1) is 0 Å². The van der Waals surface area contributed by atoms with Crippen molar-refractivity contribution in [3.05, 3.63) is 22.7 Å². The summed E-state index contributed by atoms with van der Waals surface area (Å²) in [5.41, 5.74) is 0. The van der Waals surface area contributed by atoms with Gasteiger partial charge in [-0.1, -0.05) is 0 Å². The highest BCUT2D eigenvalue weighted by atomic mass is 79.9. The van der Waals surface area contributed by atoms with Gasteiger partial charge >= 0.3 is 0 Å². The van der Waals surface area contributed by atoms with Gasteiger partial charge < -0.3 is 10.2 Å². The molecule has 0 radical (unpaired) electrons. The minimum Gasteiger partial charge on any atom is -0.331 e. The first-order valence-electron chi connectivity index (χ1n) is 6.05. The van der Waals surface area contributed by atoms with Gasteiger partial charge in [-0.25, -0.2) is 9.50 Å². The fourth-order valence-corrected chi connectivity index (χ4v) is 2.42. The lowest BCUT2D eigenvalue weighted by Gasteiger charge is -2.33. The molecule has 8 heteroatoms. The maximum atomic E-state index is 12.4. The van der Waals surface area contributed by atoms with Gasteiger partial charge in [0.2, 0.25) is 5.82 Å². The van der Waals surface area contributed by atoms with E-state index in [-0.39, 0.29) is 17.8 Å². The van der Waals surface area contributed by atoms with Crippen molar-refractivity contribution >= 4 is 27.6 Å². The van der Waals surface area contributed by atoms with Crippen LogP contribution in [0.3, 0.4) is 0 Å². The first kappa shape index (κ1) is 12.5. The lowest BCUT2D eigenvalue weighted by Crippen LogP contribution is -2.52. The van der Waals surface area contributed by atoms with Crippen LogP contribution < -0.4 is 5.32 Å². The number of nitrogens with zero attached hydrogens (tertiary/aromatic N) is 5. The zero-order valence-electron chi connectivity index (χ0n) is 10.4. The maximum absolute atomic E-state index is 12.4. The summed E-state index contributed by atoms with van der Waals surface area (Å²) in [7, 11) is 0. The molecule has 100 valence electrons. The van der Waals surface area contributed by atoms with Crippen molar-refractivity contribution in [2.75, 3.05) is 19.6 Å². The Labute approximate surface area is 118 Å². The topological polar surface area (TPSA) is 75.4 Å². The summed E-state index contributed by atoms with van der Waals surface area (Å²) < 4.78 is 2.30. The molecule has 1 aliphatic heterocycles. The Bertz CT molecular complexity index is 627. The number of piperazine rings is 1. The number of rotatable bonds is 1. The molecule has 1 N–H and O–H groups in total. The molecule has 0 aromatic carbocycles. The molecule has 7 nitrogen and oxygen atoms in total. The minimum absolute atomic E-state index is 0.143. The Morgan fingerprint density at radius 1 is 1.58 bits per heavy atom. The molecule has 1 aliphatic rings. The van der Waals surface area contributed by atoms with Crippen LogP contribution in [0.2, 0.25) is 0 Å². The van der Waals surface area contributed by atoms with E-state index in [1.165, 1.54) is 4.52 Å². The van der Waals surface area contributed by atoms with E-state index in [0.717, 1.165) is 17.6 Å². The summed E-state index contributed by atoms with van der Waals surface area (Å²) in [6.07, 6.45) is 3.36. The van der Waals surface area contributed by atoms with Crippen molar-refractivity contribution in [2.24, 2.45) is 0 Å². The molecule has 1 saturated heterocycles. The number of hydrogen-bond donors (Lipinski definition) is 1. The number of carbonyl (C=O) groups is 1. The molecule has 0 unspecified atom stereocenters. The van der Waals surface area contributed by atoms with Crippen molar-refractivity contribution < 1.29 is 4.79 Å². The quantitative estimate of drug-likeness (QED) is 0.817. The summed E-state index contributed by atoms with van der Waals surface area (Å²) in [6.45, 7) is 4.28. The second-order valence-corrected chi connectivity index (χ2v) is 5.42. The summed E-state index contributed by atoms with van der Waals surface area (Å²) in [5, 5.41) is 7.43. The highest BCUT2D eigenvalue weighted by Crippen LogP contribution is 2.11. The Morgan fingerprint density at radius 3 is 3.21 bits per heavy atom. The summed E-state index contributed by atoms with van der Waals surface area (Å²) in [5.74, 6) is 0.476. The number of fused-ring (bicyclic) bond motifs is 1. The standard InChI is InChI=1S/C11H13BrN6O/c1-7-4-13-2-3-17(7)10(19)9-15-11-14-5-8(12)6-18(11)16-9/h5-7,13H,2-4H2,1H3/t7-/m1/s1. The smallest absolute Gasteiger partial charge is 0.293 e. The molecule has 1 amide bonds. The molecule has 3 rings (SSSR count). The SMILES string of the molecule is C[C@@H]1CNCCN1C(=O)c1nc2ncc(Br)cn2n1. The van der Waals surface area contributed by atoms with Gasteiger partial charge in [0.1, 0.15) is 0 Å². The van der Waals surface area contributed by atoms with Crippen LogP contribution >= 0.6 is 15.9 Å². The van der Waals surface area contributed by atoms with E-state index in [9.17, 15) is 4.79 Å². The van der Waals surface area contributed by atoms with Crippen LogP contribution in [0.5, 0.6) is 0 Å². The molecule has 0 spiro atoms. The van der Waals surface area contributed by atoms with Crippen molar-refractivity contribution in [3.8, 4) is 0 Å². The maximum Gasteiger partial charge on any atom is 0.293 e. The molecule has 0 aliphatic carbocycles. The molecule has 2 aromatic rings. The van der Waals surface area contributed by atoms with E-state index in [1.807, 2.05) is 6.92 Å². The summed E-state index contributed by atoms with van der Waals surface area (Å²) >= 11 is 3.31. The highest BCUT2D eigenvalue weighted by molar-refractivity contribution is 9.10. The van der Waals surface area contributed by atoms with E-state index in [0.29, 0.717) is 12.3 Å².